The Kier molecular flexibility index (Phi) is 7.02. The van der Waals surface area contributed by atoms with Gasteiger partial charge in [0.05, 0.1) is 11.4 Å². The molecule has 0 spiro atoms. The smallest absolute Gasteiger partial charge is 0.328 e. The number of carbonyl (C=O) groups is 3. The average Bonchev–Trinajstić information content (AvgIpc) is 3.18. The van der Waals surface area contributed by atoms with Crippen LogP contribution in [0.25, 0.3) is 0 Å². The molecule has 1 fully saturated rings. The van der Waals surface area contributed by atoms with Gasteiger partial charge in [-0.1, -0.05) is 26.0 Å². The molecule has 3 N–H and O–H groups in total. The molecular weight excluding hydrogens is 456 g/mol. The van der Waals surface area contributed by atoms with E-state index >= 15 is 0 Å². The van der Waals surface area contributed by atoms with Crippen LogP contribution in [0.15, 0.2) is 40.3 Å². The fourth-order valence-electron chi connectivity index (χ4n) is 4.26. The molecule has 3 rings (SSSR count). The van der Waals surface area contributed by atoms with Gasteiger partial charge in [-0.05, 0) is 74.6 Å². The Morgan fingerprint density at radius 1 is 1.15 bits per heavy atom. The average molecular weight is 494 g/mol. The van der Waals surface area contributed by atoms with E-state index in [0.717, 1.165) is 23.3 Å². The Balaban J connectivity index is 1.58. The van der Waals surface area contributed by atoms with Gasteiger partial charge in [0, 0.05) is 18.2 Å². The molecular formula is C24H34N4O5S. The summed E-state index contributed by atoms with van der Waals surface area (Å²) in [5.41, 5.74) is 2.03. The lowest BCUT2D eigenvalue weighted by atomic mass is 9.87. The highest BCUT2D eigenvalue weighted by Crippen LogP contribution is 2.23. The van der Waals surface area contributed by atoms with Crippen molar-refractivity contribution in [3.63, 3.8) is 0 Å². The van der Waals surface area contributed by atoms with Crippen LogP contribution in [0.5, 0.6) is 0 Å². The number of nitrogens with one attached hydrogen (secondary N) is 3. The molecule has 10 heteroatoms. The number of nitrogens with zero attached hydrogens (tertiary/aromatic N) is 1. The highest BCUT2D eigenvalue weighted by atomic mass is 32.2. The number of imide groups is 1. The maximum absolute atomic E-state index is 12.8. The Morgan fingerprint density at radius 3 is 2.38 bits per heavy atom. The van der Waals surface area contributed by atoms with E-state index in [-0.39, 0.29) is 35.0 Å². The standard InChI is InChI=1S/C24H34N4O5S/c1-4-21-17(3)15-28(22(21)29)24(31)25-14-13-18-7-11-20(12-8-18)34(32,33)27-23(30)26-19-9-5-16(2)6-10-19/h7-8,11-12,16,19H,4-6,9-10,13-15H2,1-3H3,(H,25,31)(H2,26,27,30)/i/hD3. The van der Waals surface area contributed by atoms with E-state index in [1.54, 1.807) is 6.92 Å². The SMILES string of the molecule is [2H]N(CCc1ccc(S(=O)(=O)N([2H])C(=O)N([2H])C2CCC(C)CC2)cc1)C(=O)N1CC(C)=C(CC)C1=O. The molecule has 0 radical (unpaired) electrons. The molecule has 0 saturated heterocycles. The van der Waals surface area contributed by atoms with E-state index in [2.05, 4.69) is 6.92 Å². The zero-order valence-corrected chi connectivity index (χ0v) is 20.7. The van der Waals surface area contributed by atoms with Crippen molar-refractivity contribution in [1.29, 1.82) is 0 Å². The van der Waals surface area contributed by atoms with Gasteiger partial charge in [0.1, 0.15) is 0 Å². The zero-order valence-electron chi connectivity index (χ0n) is 22.9. The van der Waals surface area contributed by atoms with Crippen molar-refractivity contribution in [3.05, 3.63) is 41.0 Å². The van der Waals surface area contributed by atoms with Gasteiger partial charge in [-0.25, -0.2) is 22.7 Å². The third-order valence-electron chi connectivity index (χ3n) is 6.34. The van der Waals surface area contributed by atoms with E-state index in [1.807, 2.05) is 6.92 Å². The number of carbonyl (C=O) groups excluding carboxylic acids is 3. The molecule has 1 aliphatic carbocycles. The number of sulfonamides is 1. The number of urea groups is 2. The van der Waals surface area contributed by atoms with Crippen LogP contribution >= 0.6 is 0 Å². The minimum Gasteiger partial charge on any atom is -0.337 e. The summed E-state index contributed by atoms with van der Waals surface area (Å²) < 4.78 is 49.5. The van der Waals surface area contributed by atoms with Crippen LogP contribution < -0.4 is 15.3 Å². The Morgan fingerprint density at radius 2 is 1.79 bits per heavy atom. The number of hydrogen-bond donors (Lipinski definition) is 3. The summed E-state index contributed by atoms with van der Waals surface area (Å²) in [6.07, 6.45) is 3.61. The van der Waals surface area contributed by atoms with Crippen LogP contribution in [0.4, 0.5) is 9.59 Å². The second kappa shape index (κ2) is 11.0. The maximum atomic E-state index is 12.8. The summed E-state index contributed by atoms with van der Waals surface area (Å²) in [5, 5.41) is 1.30. The molecule has 1 aromatic carbocycles. The molecule has 1 aliphatic heterocycles. The Hall–Kier alpha value is -2.88. The topological polar surface area (TPSA) is 125 Å². The molecule has 0 atom stereocenters. The van der Waals surface area contributed by atoms with Gasteiger partial charge < -0.3 is 10.6 Å². The van der Waals surface area contributed by atoms with Crippen LogP contribution in [0, 0.1) is 5.92 Å². The summed E-state index contributed by atoms with van der Waals surface area (Å²) in [6.45, 7) is 5.86. The summed E-state index contributed by atoms with van der Waals surface area (Å²) in [4.78, 5) is 38.2. The maximum Gasteiger partial charge on any atom is 0.328 e. The predicted molar refractivity (Wildman–Crippen MR) is 129 cm³/mol. The van der Waals surface area contributed by atoms with Crippen molar-refractivity contribution in [2.24, 2.45) is 5.92 Å². The highest BCUT2D eigenvalue weighted by Gasteiger charge is 2.31. The van der Waals surface area contributed by atoms with Crippen molar-refractivity contribution in [2.45, 2.75) is 70.2 Å². The molecule has 2 aliphatic rings. The normalized spacial score (nSPS) is 22.1. The van der Waals surface area contributed by atoms with Gasteiger partial charge in [-0.2, -0.15) is 0 Å². The predicted octanol–water partition coefficient (Wildman–Crippen LogP) is 3.07. The van der Waals surface area contributed by atoms with Crippen molar-refractivity contribution in [3.8, 4) is 0 Å². The molecule has 0 unspecified atom stereocenters. The Bertz CT molecular complexity index is 1170. The highest BCUT2D eigenvalue weighted by molar-refractivity contribution is 7.90. The van der Waals surface area contributed by atoms with Crippen LogP contribution in [0.3, 0.4) is 0 Å². The molecule has 1 heterocycles. The first-order valence-electron chi connectivity index (χ1n) is 13.0. The van der Waals surface area contributed by atoms with E-state index in [9.17, 15) is 22.8 Å². The lowest BCUT2D eigenvalue weighted by Gasteiger charge is -2.26. The van der Waals surface area contributed by atoms with Gasteiger partial charge in [-0.15, -0.1) is 0 Å². The van der Waals surface area contributed by atoms with Crippen LogP contribution in [0.2, 0.25) is 4.24 Å². The zero-order chi connectivity index (χ0) is 27.5. The largest absolute Gasteiger partial charge is 0.337 e. The number of hydrogen-bond acceptors (Lipinski definition) is 5. The molecule has 0 bridgehead atoms. The second-order valence-corrected chi connectivity index (χ2v) is 10.6. The molecule has 34 heavy (non-hydrogen) atoms. The third-order valence-corrected chi connectivity index (χ3v) is 7.61. The number of rotatable bonds is 7. The van der Waals surface area contributed by atoms with Crippen LogP contribution in [-0.4, -0.2) is 50.4 Å². The van der Waals surface area contributed by atoms with Crippen molar-refractivity contribution in [1.82, 2.24) is 20.2 Å². The Labute approximate surface area is 205 Å². The summed E-state index contributed by atoms with van der Waals surface area (Å²) in [5.74, 6) is 0.114. The summed E-state index contributed by atoms with van der Waals surface area (Å²) >= 11 is 0. The van der Waals surface area contributed by atoms with E-state index < -0.39 is 28.1 Å². The molecule has 1 saturated carbocycles. The minimum atomic E-state index is -4.49. The third kappa shape index (κ3) is 6.37. The number of amides is 5. The van der Waals surface area contributed by atoms with Crippen LogP contribution in [0.1, 0.15) is 58.4 Å². The van der Waals surface area contributed by atoms with E-state index in [1.165, 1.54) is 24.3 Å². The van der Waals surface area contributed by atoms with Gasteiger partial charge in [0.2, 0.25) is 0 Å². The lowest BCUT2D eigenvalue weighted by molar-refractivity contribution is -0.123. The van der Waals surface area contributed by atoms with Crippen molar-refractivity contribution >= 4 is 28.0 Å². The molecule has 9 nitrogen and oxygen atoms in total. The molecule has 0 aromatic heterocycles. The van der Waals surface area contributed by atoms with Gasteiger partial charge >= 0.3 is 12.1 Å². The van der Waals surface area contributed by atoms with Gasteiger partial charge in [-0.3, -0.25) is 9.69 Å². The van der Waals surface area contributed by atoms with E-state index in [0.29, 0.717) is 46.9 Å². The quantitative estimate of drug-likeness (QED) is 0.538. The van der Waals surface area contributed by atoms with E-state index in [4.69, 9.17) is 4.24 Å². The molecule has 1 aromatic rings. The lowest BCUT2D eigenvalue weighted by Crippen LogP contribution is -2.45. The summed E-state index contributed by atoms with van der Waals surface area (Å²) in [7, 11) is -4.49. The van der Waals surface area contributed by atoms with Gasteiger partial charge in [0.25, 0.3) is 15.9 Å². The monoisotopic (exact) mass is 493 g/mol. The van der Waals surface area contributed by atoms with Crippen molar-refractivity contribution < 1.29 is 27.0 Å². The second-order valence-electron chi connectivity index (χ2n) is 8.95. The first kappa shape index (κ1) is 21.6. The molecule has 186 valence electrons. The first-order valence-corrected chi connectivity index (χ1v) is 13.1. The first-order chi connectivity index (χ1) is 17.4. The van der Waals surface area contributed by atoms with Gasteiger partial charge in [0.15, 0.2) is 4.24 Å². The minimum absolute atomic E-state index is 0.0217. The number of benzene rings is 1. The van der Waals surface area contributed by atoms with Crippen LogP contribution in [-0.2, 0) is 21.2 Å². The fraction of sp³-hybridized carbons (Fsp3) is 0.542. The fourth-order valence-corrected chi connectivity index (χ4v) is 5.10. The summed E-state index contributed by atoms with van der Waals surface area (Å²) in [6, 6.07) is 3.09. The molecule has 5 amide bonds. The van der Waals surface area contributed by atoms with Crippen molar-refractivity contribution in [2.75, 3.05) is 13.1 Å².